The minimum absolute atomic E-state index is 0. The van der Waals surface area contributed by atoms with Gasteiger partial charge in [-0.05, 0) is 25.5 Å². The van der Waals surface area contributed by atoms with Gasteiger partial charge in [0.25, 0.3) is 0 Å². The van der Waals surface area contributed by atoms with E-state index in [1.54, 1.807) is 4.68 Å². The molecule has 0 fully saturated rings. The topological polar surface area (TPSA) is 97.3 Å². The van der Waals surface area contributed by atoms with Gasteiger partial charge in [-0.25, -0.2) is 9.98 Å². The molecule has 140 valence electrons. The number of hydrogen-bond donors (Lipinski definition) is 2. The minimum atomic E-state index is 0. The predicted octanol–water partition coefficient (Wildman–Crippen LogP) is 1.16. The van der Waals surface area contributed by atoms with Crippen molar-refractivity contribution >= 4 is 35.6 Å². The van der Waals surface area contributed by atoms with Gasteiger partial charge in [-0.3, -0.25) is 9.08 Å². The van der Waals surface area contributed by atoms with Gasteiger partial charge >= 0.3 is 0 Å². The van der Waals surface area contributed by atoms with Gasteiger partial charge in [0.1, 0.15) is 24.5 Å². The van der Waals surface area contributed by atoms with Crippen LogP contribution in [0.1, 0.15) is 25.0 Å². The number of aliphatic imine (C=N–C) groups is 1. The van der Waals surface area contributed by atoms with Crippen LogP contribution >= 0.6 is 24.0 Å². The summed E-state index contributed by atoms with van der Waals surface area (Å²) in [5, 5.41) is 19.0. The molecule has 0 aliphatic carbocycles. The number of aromatic nitrogens is 6. The number of halogens is 1. The first-order valence-corrected chi connectivity index (χ1v) is 8.41. The number of guanidine groups is 1. The summed E-state index contributed by atoms with van der Waals surface area (Å²) in [5.41, 5.74) is 0.879. The Kier molecular flexibility index (Phi) is 7.75. The van der Waals surface area contributed by atoms with Gasteiger partial charge in [0.05, 0.1) is 0 Å². The summed E-state index contributed by atoms with van der Waals surface area (Å²) in [6.07, 6.45) is 5.31. The fraction of sp³-hybridized carbons (Fsp3) is 0.438. The van der Waals surface area contributed by atoms with Crippen LogP contribution in [-0.2, 0) is 20.0 Å². The summed E-state index contributed by atoms with van der Waals surface area (Å²) in [4.78, 5) is 8.72. The molecule has 0 aromatic carbocycles. The maximum absolute atomic E-state index is 4.54. The van der Waals surface area contributed by atoms with Crippen LogP contribution in [0.4, 0.5) is 0 Å². The van der Waals surface area contributed by atoms with E-state index in [1.807, 2.05) is 42.8 Å². The molecule has 10 heteroatoms. The molecule has 2 N–H and O–H groups in total. The van der Waals surface area contributed by atoms with Crippen LogP contribution in [0.2, 0.25) is 0 Å². The lowest BCUT2D eigenvalue weighted by Gasteiger charge is -2.10. The summed E-state index contributed by atoms with van der Waals surface area (Å²) in [6.45, 7) is 4.13. The molecule has 0 aliphatic rings. The molecular formula is C16H24IN9. The Balaban J connectivity index is 0.00000243. The van der Waals surface area contributed by atoms with E-state index in [4.69, 9.17) is 0 Å². The molecule has 3 rings (SSSR count). The van der Waals surface area contributed by atoms with Gasteiger partial charge < -0.3 is 10.6 Å². The van der Waals surface area contributed by atoms with E-state index >= 15 is 0 Å². The number of aryl methyl sites for hydroxylation is 2. The maximum atomic E-state index is 4.54. The minimum Gasteiger partial charge on any atom is -0.357 e. The molecule has 0 saturated heterocycles. The summed E-state index contributed by atoms with van der Waals surface area (Å²) in [5.74, 6) is 2.57. The Bertz CT molecular complexity index is 839. The monoisotopic (exact) mass is 469 g/mol. The van der Waals surface area contributed by atoms with Crippen molar-refractivity contribution in [3.63, 3.8) is 0 Å². The van der Waals surface area contributed by atoms with Crippen LogP contribution in [0.5, 0.6) is 0 Å². The van der Waals surface area contributed by atoms with Crippen molar-refractivity contribution in [1.82, 2.24) is 40.0 Å². The van der Waals surface area contributed by atoms with E-state index in [9.17, 15) is 0 Å². The van der Waals surface area contributed by atoms with Gasteiger partial charge in [0.2, 0.25) is 0 Å². The zero-order chi connectivity index (χ0) is 17.5. The molecule has 0 unspecified atom stereocenters. The summed E-state index contributed by atoms with van der Waals surface area (Å²) in [7, 11) is 1.86. The van der Waals surface area contributed by atoms with Gasteiger partial charge in [0, 0.05) is 32.8 Å². The smallest absolute Gasteiger partial charge is 0.191 e. The normalized spacial score (nSPS) is 11.4. The van der Waals surface area contributed by atoms with Crippen molar-refractivity contribution in [2.45, 2.75) is 26.3 Å². The molecule has 0 radical (unpaired) electrons. The standard InChI is InChI=1S/C16H23N9.HI/c1-3-17-16(19-11-15-20-12-21-24(15)2)18-9-6-8-14-23-22-13-7-4-5-10-25(13)14;/h4-5,7,10,12H,3,6,8-9,11H2,1-2H3,(H2,17,18,19);1H. The van der Waals surface area contributed by atoms with Crippen molar-refractivity contribution in [3.8, 4) is 0 Å². The summed E-state index contributed by atoms with van der Waals surface area (Å²) in [6, 6.07) is 5.91. The lowest BCUT2D eigenvalue weighted by Crippen LogP contribution is -2.38. The molecule has 0 spiro atoms. The molecule has 26 heavy (non-hydrogen) atoms. The Morgan fingerprint density at radius 3 is 2.85 bits per heavy atom. The van der Waals surface area contributed by atoms with Crippen LogP contribution in [0, 0.1) is 0 Å². The molecule has 3 aromatic heterocycles. The second-order valence-corrected chi connectivity index (χ2v) is 5.57. The number of nitrogens with zero attached hydrogens (tertiary/aromatic N) is 7. The maximum Gasteiger partial charge on any atom is 0.191 e. The van der Waals surface area contributed by atoms with E-state index < -0.39 is 0 Å². The van der Waals surface area contributed by atoms with Crippen molar-refractivity contribution < 1.29 is 0 Å². The first kappa shape index (κ1) is 20.1. The third kappa shape index (κ3) is 5.13. The van der Waals surface area contributed by atoms with Crippen molar-refractivity contribution in [3.05, 3.63) is 42.4 Å². The molecule has 0 atom stereocenters. The Morgan fingerprint density at radius 1 is 1.19 bits per heavy atom. The third-order valence-electron chi connectivity index (χ3n) is 3.78. The van der Waals surface area contributed by atoms with Gasteiger partial charge in [0.15, 0.2) is 11.6 Å². The number of hydrogen-bond acceptors (Lipinski definition) is 5. The van der Waals surface area contributed by atoms with Crippen LogP contribution in [0.3, 0.4) is 0 Å². The third-order valence-corrected chi connectivity index (χ3v) is 3.78. The average molecular weight is 469 g/mol. The number of rotatable bonds is 7. The first-order valence-electron chi connectivity index (χ1n) is 8.41. The molecule has 0 amide bonds. The number of pyridine rings is 1. The highest BCUT2D eigenvalue weighted by Crippen LogP contribution is 2.04. The zero-order valence-corrected chi connectivity index (χ0v) is 17.3. The summed E-state index contributed by atoms with van der Waals surface area (Å²) < 4.78 is 3.75. The largest absolute Gasteiger partial charge is 0.357 e. The first-order chi connectivity index (χ1) is 12.3. The van der Waals surface area contributed by atoms with Crippen LogP contribution in [0.15, 0.2) is 35.7 Å². The highest BCUT2D eigenvalue weighted by molar-refractivity contribution is 14.0. The van der Waals surface area contributed by atoms with Crippen LogP contribution < -0.4 is 10.6 Å². The fourth-order valence-electron chi connectivity index (χ4n) is 2.47. The number of nitrogens with one attached hydrogen (secondary N) is 2. The highest BCUT2D eigenvalue weighted by atomic mass is 127. The van der Waals surface area contributed by atoms with Crippen molar-refractivity contribution in [2.24, 2.45) is 12.0 Å². The molecule has 0 aliphatic heterocycles. The van der Waals surface area contributed by atoms with Gasteiger partial charge in [-0.15, -0.1) is 34.2 Å². The van der Waals surface area contributed by atoms with E-state index in [-0.39, 0.29) is 24.0 Å². The average Bonchev–Trinajstić information content (AvgIpc) is 3.22. The van der Waals surface area contributed by atoms with Gasteiger partial charge in [-0.2, -0.15) is 5.10 Å². The molecule has 3 heterocycles. The quantitative estimate of drug-likeness (QED) is 0.233. The highest BCUT2D eigenvalue weighted by Gasteiger charge is 2.05. The Morgan fingerprint density at radius 2 is 2.08 bits per heavy atom. The zero-order valence-electron chi connectivity index (χ0n) is 15.0. The Labute approximate surface area is 169 Å². The van der Waals surface area contributed by atoms with Crippen molar-refractivity contribution in [1.29, 1.82) is 0 Å². The fourth-order valence-corrected chi connectivity index (χ4v) is 2.47. The Hall–Kier alpha value is -2.24. The van der Waals surface area contributed by atoms with Gasteiger partial charge in [-0.1, -0.05) is 6.07 Å². The van der Waals surface area contributed by atoms with E-state index in [1.165, 1.54) is 6.33 Å². The van der Waals surface area contributed by atoms with E-state index in [2.05, 4.69) is 35.9 Å². The van der Waals surface area contributed by atoms with E-state index in [0.29, 0.717) is 6.54 Å². The van der Waals surface area contributed by atoms with Crippen molar-refractivity contribution in [2.75, 3.05) is 13.1 Å². The molecule has 0 saturated carbocycles. The van der Waals surface area contributed by atoms with Crippen LogP contribution in [-0.4, -0.2) is 48.4 Å². The van der Waals surface area contributed by atoms with Crippen LogP contribution in [0.25, 0.3) is 5.65 Å². The molecule has 0 bridgehead atoms. The lowest BCUT2D eigenvalue weighted by molar-refractivity contribution is 0.690. The lowest BCUT2D eigenvalue weighted by atomic mass is 10.3. The molecule has 9 nitrogen and oxygen atoms in total. The second-order valence-electron chi connectivity index (χ2n) is 5.57. The second kappa shape index (κ2) is 10.0. The molecular weight excluding hydrogens is 445 g/mol. The van der Waals surface area contributed by atoms with E-state index in [0.717, 1.165) is 49.2 Å². The molecule has 3 aromatic rings. The SMILES string of the molecule is CCNC(=NCc1ncnn1C)NCCCc1nnc2ccccn12.I. The summed E-state index contributed by atoms with van der Waals surface area (Å²) >= 11 is 0. The predicted molar refractivity (Wildman–Crippen MR) is 111 cm³/mol. The number of fused-ring (bicyclic) bond motifs is 1.